The molecule has 30 heavy (non-hydrogen) atoms. The third-order valence-corrected chi connectivity index (χ3v) is 4.79. The van der Waals surface area contributed by atoms with Gasteiger partial charge in [-0.15, -0.1) is 0 Å². The van der Waals surface area contributed by atoms with Crippen LogP contribution in [0.15, 0.2) is 40.8 Å². The van der Waals surface area contributed by atoms with Crippen LogP contribution in [-0.4, -0.2) is 17.1 Å². The lowest BCUT2D eigenvalue weighted by atomic mass is 9.92. The Hall–Kier alpha value is -3.92. The lowest BCUT2D eigenvalue weighted by molar-refractivity contribution is 0.102. The number of nitrogens with one attached hydrogen (secondary N) is 3. The van der Waals surface area contributed by atoms with Gasteiger partial charge in [0.1, 0.15) is 5.76 Å². The molecule has 7 nitrogen and oxygen atoms in total. The number of amides is 1. The van der Waals surface area contributed by atoms with Gasteiger partial charge in [-0.25, -0.2) is 0 Å². The number of aryl methyl sites for hydroxylation is 2. The van der Waals surface area contributed by atoms with E-state index in [1.54, 1.807) is 36.4 Å². The predicted molar refractivity (Wildman–Crippen MR) is 117 cm³/mol. The first kappa shape index (κ1) is 20.8. The number of carbonyl (C=O) groups excluding carboxylic acids is 1. The van der Waals surface area contributed by atoms with Gasteiger partial charge in [0.2, 0.25) is 0 Å². The van der Waals surface area contributed by atoms with Crippen LogP contribution in [-0.2, 0) is 0 Å². The Bertz CT molecular complexity index is 1140. The SMILES string of the molecule is Cc1nc(Nc2cc(NC(=O)c3cccc(C#N)c3C(C)C)ccc2C=N)oc1C. The zero-order chi connectivity index (χ0) is 21.8. The summed E-state index contributed by atoms with van der Waals surface area (Å²) < 4.78 is 5.56. The average Bonchev–Trinajstić information content (AvgIpc) is 3.04. The second-order valence-corrected chi connectivity index (χ2v) is 7.22. The molecule has 0 saturated carbocycles. The molecule has 0 spiro atoms. The van der Waals surface area contributed by atoms with E-state index in [1.807, 2.05) is 27.7 Å². The van der Waals surface area contributed by atoms with E-state index in [0.29, 0.717) is 39.8 Å². The quantitative estimate of drug-likeness (QED) is 0.486. The van der Waals surface area contributed by atoms with Crippen molar-refractivity contribution in [3.05, 3.63) is 70.1 Å². The minimum absolute atomic E-state index is 0.0237. The molecule has 0 unspecified atom stereocenters. The van der Waals surface area contributed by atoms with Crippen LogP contribution in [0.1, 0.15) is 58.3 Å². The number of aromatic nitrogens is 1. The Balaban J connectivity index is 1.91. The zero-order valence-corrected chi connectivity index (χ0v) is 17.3. The maximum Gasteiger partial charge on any atom is 0.299 e. The molecule has 0 radical (unpaired) electrons. The lowest BCUT2D eigenvalue weighted by Gasteiger charge is -2.15. The highest BCUT2D eigenvalue weighted by atomic mass is 16.4. The molecule has 7 heteroatoms. The molecule has 2 aromatic carbocycles. The van der Waals surface area contributed by atoms with E-state index in [4.69, 9.17) is 9.83 Å². The largest absolute Gasteiger partial charge is 0.429 e. The van der Waals surface area contributed by atoms with Crippen LogP contribution >= 0.6 is 0 Å². The lowest BCUT2D eigenvalue weighted by Crippen LogP contribution is -2.16. The molecule has 0 aliphatic heterocycles. The molecule has 152 valence electrons. The Labute approximate surface area is 175 Å². The molecule has 1 aromatic heterocycles. The van der Waals surface area contributed by atoms with E-state index < -0.39 is 0 Å². The van der Waals surface area contributed by atoms with Gasteiger partial charge < -0.3 is 20.5 Å². The molecule has 0 atom stereocenters. The van der Waals surface area contributed by atoms with Crippen LogP contribution in [0.2, 0.25) is 0 Å². The molecular formula is C23H23N5O2. The highest BCUT2D eigenvalue weighted by molar-refractivity contribution is 6.06. The Morgan fingerprint density at radius 3 is 2.63 bits per heavy atom. The van der Waals surface area contributed by atoms with Crippen LogP contribution in [0.5, 0.6) is 0 Å². The van der Waals surface area contributed by atoms with Crippen molar-refractivity contribution in [1.82, 2.24) is 4.98 Å². The number of nitriles is 1. The minimum atomic E-state index is -0.299. The maximum atomic E-state index is 13.0. The van der Waals surface area contributed by atoms with Crippen molar-refractivity contribution in [2.45, 2.75) is 33.6 Å². The van der Waals surface area contributed by atoms with E-state index >= 15 is 0 Å². The fourth-order valence-electron chi connectivity index (χ4n) is 3.19. The summed E-state index contributed by atoms with van der Waals surface area (Å²) in [6, 6.07) is 12.8. The Morgan fingerprint density at radius 2 is 2.03 bits per heavy atom. The molecular weight excluding hydrogens is 378 g/mol. The number of hydrogen-bond acceptors (Lipinski definition) is 6. The number of rotatable bonds is 6. The van der Waals surface area contributed by atoms with Gasteiger partial charge in [-0.1, -0.05) is 19.9 Å². The van der Waals surface area contributed by atoms with E-state index in [2.05, 4.69) is 21.7 Å². The minimum Gasteiger partial charge on any atom is -0.429 e. The number of anilines is 3. The molecule has 3 rings (SSSR count). The van der Waals surface area contributed by atoms with E-state index in [9.17, 15) is 10.1 Å². The molecule has 0 saturated heterocycles. The number of nitrogens with zero attached hydrogens (tertiary/aromatic N) is 2. The maximum absolute atomic E-state index is 13.0. The monoisotopic (exact) mass is 401 g/mol. The highest BCUT2D eigenvalue weighted by Crippen LogP contribution is 2.27. The molecule has 3 aromatic rings. The van der Waals surface area contributed by atoms with Crippen molar-refractivity contribution >= 4 is 29.5 Å². The summed E-state index contributed by atoms with van der Waals surface area (Å²) in [5.41, 5.74) is 4.21. The first-order chi connectivity index (χ1) is 14.3. The predicted octanol–water partition coefficient (Wildman–Crippen LogP) is 5.28. The molecule has 3 N–H and O–H groups in total. The zero-order valence-electron chi connectivity index (χ0n) is 17.3. The molecule has 0 aliphatic carbocycles. The van der Waals surface area contributed by atoms with E-state index in [0.717, 1.165) is 11.3 Å². The summed E-state index contributed by atoms with van der Waals surface area (Å²) >= 11 is 0. The van der Waals surface area contributed by atoms with Gasteiger partial charge in [0.05, 0.1) is 23.0 Å². The molecule has 0 bridgehead atoms. The van der Waals surface area contributed by atoms with Gasteiger partial charge in [0.15, 0.2) is 0 Å². The second-order valence-electron chi connectivity index (χ2n) is 7.22. The van der Waals surface area contributed by atoms with Crippen molar-refractivity contribution < 1.29 is 9.21 Å². The average molecular weight is 401 g/mol. The van der Waals surface area contributed by atoms with Crippen LogP contribution < -0.4 is 10.6 Å². The van der Waals surface area contributed by atoms with Crippen molar-refractivity contribution in [3.8, 4) is 6.07 Å². The summed E-state index contributed by atoms with van der Waals surface area (Å²) in [6.45, 7) is 7.57. The third-order valence-electron chi connectivity index (χ3n) is 4.79. The van der Waals surface area contributed by atoms with Gasteiger partial charge >= 0.3 is 0 Å². The summed E-state index contributed by atoms with van der Waals surface area (Å²) in [4.78, 5) is 17.3. The van der Waals surface area contributed by atoms with Gasteiger partial charge in [0, 0.05) is 23.0 Å². The van der Waals surface area contributed by atoms with Gasteiger partial charge in [-0.05, 0) is 55.7 Å². The second kappa shape index (κ2) is 8.62. The van der Waals surface area contributed by atoms with Gasteiger partial charge in [-0.3, -0.25) is 4.79 Å². The summed E-state index contributed by atoms with van der Waals surface area (Å²) in [7, 11) is 0. The van der Waals surface area contributed by atoms with Crippen LogP contribution in [0.3, 0.4) is 0 Å². The smallest absolute Gasteiger partial charge is 0.299 e. The summed E-state index contributed by atoms with van der Waals surface area (Å²) in [5, 5.41) is 23.0. The number of hydrogen-bond donors (Lipinski definition) is 3. The van der Waals surface area contributed by atoms with Crippen LogP contribution in [0.4, 0.5) is 17.4 Å². The van der Waals surface area contributed by atoms with Gasteiger partial charge in [-0.2, -0.15) is 10.2 Å². The molecule has 0 fully saturated rings. The third kappa shape index (κ3) is 4.23. The first-order valence-corrected chi connectivity index (χ1v) is 9.54. The van der Waals surface area contributed by atoms with Gasteiger partial charge in [0.25, 0.3) is 11.9 Å². The van der Waals surface area contributed by atoms with E-state index in [-0.39, 0.29) is 11.8 Å². The van der Waals surface area contributed by atoms with Crippen LogP contribution in [0.25, 0.3) is 0 Å². The first-order valence-electron chi connectivity index (χ1n) is 9.54. The highest BCUT2D eigenvalue weighted by Gasteiger charge is 2.18. The normalized spacial score (nSPS) is 10.5. The van der Waals surface area contributed by atoms with Crippen LogP contribution in [0, 0.1) is 30.6 Å². The topological polar surface area (TPSA) is 115 Å². The van der Waals surface area contributed by atoms with E-state index in [1.165, 1.54) is 6.21 Å². The number of benzene rings is 2. The molecule has 1 amide bonds. The summed E-state index contributed by atoms with van der Waals surface area (Å²) in [6.07, 6.45) is 1.21. The Kier molecular flexibility index (Phi) is 5.98. The molecule has 1 heterocycles. The van der Waals surface area contributed by atoms with Crippen molar-refractivity contribution in [2.24, 2.45) is 0 Å². The number of oxazole rings is 1. The molecule has 0 aliphatic rings. The summed E-state index contributed by atoms with van der Waals surface area (Å²) in [5.74, 6) is 0.430. The van der Waals surface area contributed by atoms with Crippen molar-refractivity contribution in [1.29, 1.82) is 10.7 Å². The fourth-order valence-corrected chi connectivity index (χ4v) is 3.19. The van der Waals surface area contributed by atoms with Crippen molar-refractivity contribution in [2.75, 3.05) is 10.6 Å². The fraction of sp³-hybridized carbons (Fsp3) is 0.217. The Morgan fingerprint density at radius 1 is 1.27 bits per heavy atom. The van der Waals surface area contributed by atoms with Crippen molar-refractivity contribution in [3.63, 3.8) is 0 Å². The standard InChI is InChI=1S/C23H23N5O2/c1-13(2)21-17(12-25)6-5-7-19(21)22(29)27-18-9-8-16(11-24)20(10-18)28-23-26-14(3)15(4)30-23/h5-11,13,24H,1-4H3,(H,26,28)(H,27,29). The number of carbonyl (C=O) groups is 1.